The standard InChI is InChI=1S/C17H32O3/c1-4-5-6-7-8-9-10-11-12-13-14-20-16(19)17(2,3)15-18/h15H,4-14H2,1-3H3. The number of rotatable bonds is 13. The number of unbranched alkanes of at least 4 members (excludes halogenated alkanes) is 9. The Balaban J connectivity index is 3.29. The molecular weight excluding hydrogens is 252 g/mol. The lowest BCUT2D eigenvalue weighted by Gasteiger charge is -2.15. The molecule has 0 aliphatic heterocycles. The van der Waals surface area contributed by atoms with Crippen LogP contribution >= 0.6 is 0 Å². The summed E-state index contributed by atoms with van der Waals surface area (Å²) in [6.07, 6.45) is 13.2. The Kier molecular flexibility index (Phi) is 11.4. The van der Waals surface area contributed by atoms with Crippen LogP contribution in [-0.4, -0.2) is 18.9 Å². The number of aldehydes is 1. The highest BCUT2D eigenvalue weighted by atomic mass is 16.5. The van der Waals surface area contributed by atoms with Crippen molar-refractivity contribution in [2.24, 2.45) is 5.41 Å². The van der Waals surface area contributed by atoms with Crippen LogP contribution in [0.5, 0.6) is 0 Å². The van der Waals surface area contributed by atoms with Gasteiger partial charge in [0.25, 0.3) is 0 Å². The van der Waals surface area contributed by atoms with E-state index in [0.717, 1.165) is 12.8 Å². The maximum absolute atomic E-state index is 11.5. The number of hydrogen-bond donors (Lipinski definition) is 0. The van der Waals surface area contributed by atoms with Crippen LogP contribution in [0.2, 0.25) is 0 Å². The smallest absolute Gasteiger partial charge is 0.318 e. The minimum atomic E-state index is -1.00. The van der Waals surface area contributed by atoms with E-state index in [0.29, 0.717) is 12.9 Å². The number of carbonyl (C=O) groups excluding carboxylic acids is 2. The molecule has 0 saturated heterocycles. The number of ether oxygens (including phenoxy) is 1. The van der Waals surface area contributed by atoms with E-state index < -0.39 is 11.4 Å². The molecule has 0 aliphatic carbocycles. The minimum absolute atomic E-state index is 0.413. The topological polar surface area (TPSA) is 43.4 Å². The van der Waals surface area contributed by atoms with Gasteiger partial charge in [-0.05, 0) is 20.3 Å². The Hall–Kier alpha value is -0.860. The van der Waals surface area contributed by atoms with Crippen LogP contribution in [0.15, 0.2) is 0 Å². The third-order valence-electron chi connectivity index (χ3n) is 3.55. The molecule has 0 atom stereocenters. The van der Waals surface area contributed by atoms with Crippen molar-refractivity contribution in [1.29, 1.82) is 0 Å². The lowest BCUT2D eigenvalue weighted by molar-refractivity contribution is -0.155. The monoisotopic (exact) mass is 284 g/mol. The summed E-state index contributed by atoms with van der Waals surface area (Å²) in [5.74, 6) is -0.413. The van der Waals surface area contributed by atoms with Crippen molar-refractivity contribution >= 4 is 12.3 Å². The Bertz CT molecular complexity index is 259. The largest absolute Gasteiger partial charge is 0.465 e. The summed E-state index contributed by atoms with van der Waals surface area (Å²) >= 11 is 0. The zero-order valence-electron chi connectivity index (χ0n) is 13.6. The zero-order valence-corrected chi connectivity index (χ0v) is 13.6. The second-order valence-electron chi connectivity index (χ2n) is 6.16. The summed E-state index contributed by atoms with van der Waals surface area (Å²) in [5.41, 5.74) is -1.00. The molecule has 3 heteroatoms. The van der Waals surface area contributed by atoms with Gasteiger partial charge in [-0.1, -0.05) is 64.7 Å². The first kappa shape index (κ1) is 19.1. The Morgan fingerprint density at radius 3 is 1.80 bits per heavy atom. The highest BCUT2D eigenvalue weighted by molar-refractivity contribution is 5.91. The van der Waals surface area contributed by atoms with E-state index >= 15 is 0 Å². The molecule has 0 heterocycles. The quantitative estimate of drug-likeness (QED) is 0.213. The van der Waals surface area contributed by atoms with Gasteiger partial charge in [-0.15, -0.1) is 0 Å². The van der Waals surface area contributed by atoms with E-state index in [4.69, 9.17) is 4.74 Å². The molecule has 0 radical (unpaired) electrons. The van der Waals surface area contributed by atoms with Gasteiger partial charge in [-0.3, -0.25) is 4.79 Å². The molecule has 0 aromatic heterocycles. The average Bonchev–Trinajstić information content (AvgIpc) is 2.44. The highest BCUT2D eigenvalue weighted by Gasteiger charge is 2.28. The molecule has 0 bridgehead atoms. The lowest BCUT2D eigenvalue weighted by Crippen LogP contribution is -2.28. The highest BCUT2D eigenvalue weighted by Crippen LogP contribution is 2.14. The fourth-order valence-electron chi connectivity index (χ4n) is 1.99. The van der Waals surface area contributed by atoms with E-state index in [-0.39, 0.29) is 0 Å². The zero-order chi connectivity index (χ0) is 15.3. The second kappa shape index (κ2) is 11.9. The van der Waals surface area contributed by atoms with Gasteiger partial charge in [-0.2, -0.15) is 0 Å². The van der Waals surface area contributed by atoms with Crippen molar-refractivity contribution in [2.75, 3.05) is 6.61 Å². The number of hydrogen-bond acceptors (Lipinski definition) is 3. The summed E-state index contributed by atoms with van der Waals surface area (Å²) in [6, 6.07) is 0. The van der Waals surface area contributed by atoms with Gasteiger partial charge < -0.3 is 9.53 Å². The minimum Gasteiger partial charge on any atom is -0.465 e. The summed E-state index contributed by atoms with van der Waals surface area (Å²) < 4.78 is 5.10. The van der Waals surface area contributed by atoms with Crippen LogP contribution in [-0.2, 0) is 14.3 Å². The number of esters is 1. The first-order chi connectivity index (χ1) is 9.54. The molecule has 20 heavy (non-hydrogen) atoms. The maximum Gasteiger partial charge on any atom is 0.318 e. The van der Waals surface area contributed by atoms with E-state index in [2.05, 4.69) is 6.92 Å². The Morgan fingerprint density at radius 2 is 1.35 bits per heavy atom. The second-order valence-corrected chi connectivity index (χ2v) is 6.16. The fraction of sp³-hybridized carbons (Fsp3) is 0.882. The molecule has 0 rings (SSSR count). The molecule has 0 aliphatic rings. The van der Waals surface area contributed by atoms with Crippen molar-refractivity contribution in [2.45, 2.75) is 85.0 Å². The Labute approximate surface area is 124 Å². The summed E-state index contributed by atoms with van der Waals surface area (Å²) in [4.78, 5) is 22.2. The molecule has 0 aromatic rings. The normalized spacial score (nSPS) is 11.3. The third kappa shape index (κ3) is 9.99. The van der Waals surface area contributed by atoms with Crippen molar-refractivity contribution in [3.8, 4) is 0 Å². The van der Waals surface area contributed by atoms with Crippen molar-refractivity contribution in [1.82, 2.24) is 0 Å². The first-order valence-electron chi connectivity index (χ1n) is 8.18. The summed E-state index contributed by atoms with van der Waals surface area (Å²) in [7, 11) is 0. The predicted molar refractivity (Wildman–Crippen MR) is 82.6 cm³/mol. The average molecular weight is 284 g/mol. The number of carbonyl (C=O) groups is 2. The van der Waals surface area contributed by atoms with Gasteiger partial charge >= 0.3 is 5.97 Å². The molecule has 0 N–H and O–H groups in total. The molecule has 0 aromatic carbocycles. The first-order valence-corrected chi connectivity index (χ1v) is 8.18. The lowest BCUT2D eigenvalue weighted by atomic mass is 9.96. The van der Waals surface area contributed by atoms with E-state index in [1.165, 1.54) is 51.4 Å². The van der Waals surface area contributed by atoms with Crippen molar-refractivity contribution in [3.05, 3.63) is 0 Å². The van der Waals surface area contributed by atoms with Gasteiger partial charge in [0, 0.05) is 0 Å². The van der Waals surface area contributed by atoms with E-state index in [1.54, 1.807) is 13.8 Å². The molecule has 0 saturated carbocycles. The Morgan fingerprint density at radius 1 is 0.900 bits per heavy atom. The van der Waals surface area contributed by atoms with Crippen molar-refractivity contribution in [3.63, 3.8) is 0 Å². The summed E-state index contributed by atoms with van der Waals surface area (Å²) in [5, 5.41) is 0. The molecule has 0 amide bonds. The van der Waals surface area contributed by atoms with Crippen LogP contribution < -0.4 is 0 Å². The SMILES string of the molecule is CCCCCCCCCCCCOC(=O)C(C)(C)C=O. The molecule has 118 valence electrons. The fourth-order valence-corrected chi connectivity index (χ4v) is 1.99. The van der Waals surface area contributed by atoms with Crippen LogP contribution in [0.1, 0.15) is 85.0 Å². The molecular formula is C17H32O3. The van der Waals surface area contributed by atoms with Gasteiger partial charge in [0.1, 0.15) is 11.7 Å². The molecule has 0 spiro atoms. The molecule has 0 fully saturated rings. The van der Waals surface area contributed by atoms with Gasteiger partial charge in [-0.25, -0.2) is 0 Å². The van der Waals surface area contributed by atoms with Gasteiger partial charge in [0.15, 0.2) is 0 Å². The van der Waals surface area contributed by atoms with Crippen LogP contribution in [0, 0.1) is 5.41 Å². The van der Waals surface area contributed by atoms with Crippen molar-refractivity contribution < 1.29 is 14.3 Å². The van der Waals surface area contributed by atoms with Crippen LogP contribution in [0.3, 0.4) is 0 Å². The summed E-state index contributed by atoms with van der Waals surface area (Å²) in [6.45, 7) is 5.84. The third-order valence-corrected chi connectivity index (χ3v) is 3.55. The van der Waals surface area contributed by atoms with E-state index in [9.17, 15) is 9.59 Å². The molecule has 3 nitrogen and oxygen atoms in total. The van der Waals surface area contributed by atoms with Gasteiger partial charge in [0.05, 0.1) is 6.61 Å². The van der Waals surface area contributed by atoms with Crippen LogP contribution in [0.4, 0.5) is 0 Å². The maximum atomic E-state index is 11.5. The van der Waals surface area contributed by atoms with E-state index in [1.807, 2.05) is 0 Å². The molecule has 0 unspecified atom stereocenters. The van der Waals surface area contributed by atoms with Crippen LogP contribution in [0.25, 0.3) is 0 Å². The van der Waals surface area contributed by atoms with Gasteiger partial charge in [0.2, 0.25) is 0 Å². The predicted octanol–water partition coefficient (Wildman–Crippen LogP) is 4.68.